The third kappa shape index (κ3) is 9.54. The highest BCUT2D eigenvalue weighted by Crippen LogP contribution is 2.32. The molecule has 0 bridgehead atoms. The standard InChI is InChI=1S/C40H51N5O3/c1-44(40(47)35-7-3-2-4-8-35)22-6-24-48-23-5-21-42-39(46)34-17-13-31(14-18-34)27-41-26-30-11-15-33(16-12-30)36-19-20-38-37(25-36)28-43-45(38)29-32-9-10-32/h11-20,25,28,32,35,41H,2-10,21-24,26-27,29H2,1H3,(H,42,46). The molecule has 8 nitrogen and oxygen atoms in total. The summed E-state index contributed by atoms with van der Waals surface area (Å²) in [6.45, 7) is 5.06. The van der Waals surface area contributed by atoms with E-state index in [0.717, 1.165) is 63.3 Å². The summed E-state index contributed by atoms with van der Waals surface area (Å²) >= 11 is 0. The molecule has 0 aliphatic heterocycles. The molecular formula is C40H51N5O3. The van der Waals surface area contributed by atoms with Gasteiger partial charge in [0.15, 0.2) is 0 Å². The Morgan fingerprint density at radius 2 is 1.54 bits per heavy atom. The largest absolute Gasteiger partial charge is 0.381 e. The zero-order valence-corrected chi connectivity index (χ0v) is 28.5. The van der Waals surface area contributed by atoms with Crippen molar-refractivity contribution in [3.8, 4) is 11.1 Å². The molecule has 0 spiro atoms. The summed E-state index contributed by atoms with van der Waals surface area (Å²) in [6, 6.07) is 23.2. The van der Waals surface area contributed by atoms with E-state index < -0.39 is 0 Å². The van der Waals surface area contributed by atoms with Crippen LogP contribution in [-0.2, 0) is 29.2 Å². The van der Waals surface area contributed by atoms with Crippen LogP contribution >= 0.6 is 0 Å². The predicted molar refractivity (Wildman–Crippen MR) is 191 cm³/mol. The van der Waals surface area contributed by atoms with E-state index in [2.05, 4.69) is 62.9 Å². The lowest BCUT2D eigenvalue weighted by molar-refractivity contribution is -0.135. The van der Waals surface area contributed by atoms with Crippen LogP contribution in [0.4, 0.5) is 0 Å². The maximum Gasteiger partial charge on any atom is 0.251 e. The summed E-state index contributed by atoms with van der Waals surface area (Å²) in [7, 11) is 1.91. The molecule has 1 heterocycles. The summed E-state index contributed by atoms with van der Waals surface area (Å²) in [5, 5.41) is 12.3. The van der Waals surface area contributed by atoms with Crippen molar-refractivity contribution in [2.75, 3.05) is 33.4 Å². The minimum Gasteiger partial charge on any atom is -0.381 e. The number of hydrogen-bond acceptors (Lipinski definition) is 5. The minimum absolute atomic E-state index is 0.0660. The number of ether oxygens (including phenoxy) is 1. The van der Waals surface area contributed by atoms with Gasteiger partial charge in [0, 0.05) is 69.9 Å². The first-order valence-corrected chi connectivity index (χ1v) is 18.0. The molecular weight excluding hydrogens is 598 g/mol. The van der Waals surface area contributed by atoms with Gasteiger partial charge in [0.2, 0.25) is 5.91 Å². The second-order valence-corrected chi connectivity index (χ2v) is 13.7. The normalized spacial score (nSPS) is 15.1. The van der Waals surface area contributed by atoms with Gasteiger partial charge in [-0.25, -0.2) is 0 Å². The quantitative estimate of drug-likeness (QED) is 0.121. The Bertz CT molecular complexity index is 1620. The van der Waals surface area contributed by atoms with Gasteiger partial charge in [-0.2, -0.15) is 5.10 Å². The number of aromatic nitrogens is 2. The predicted octanol–water partition coefficient (Wildman–Crippen LogP) is 6.97. The highest BCUT2D eigenvalue weighted by Gasteiger charge is 2.24. The number of amides is 2. The van der Waals surface area contributed by atoms with Crippen LogP contribution in [0.2, 0.25) is 0 Å². The minimum atomic E-state index is -0.0660. The second kappa shape index (κ2) is 16.9. The Morgan fingerprint density at radius 1 is 0.854 bits per heavy atom. The fourth-order valence-corrected chi connectivity index (χ4v) is 6.65. The van der Waals surface area contributed by atoms with E-state index in [1.165, 1.54) is 59.7 Å². The van der Waals surface area contributed by atoms with Gasteiger partial charge in [0.25, 0.3) is 5.91 Å². The summed E-state index contributed by atoms with van der Waals surface area (Å²) < 4.78 is 7.89. The number of carbonyl (C=O) groups is 2. The number of nitrogens with zero attached hydrogens (tertiary/aromatic N) is 3. The molecule has 4 aromatic rings. The zero-order valence-electron chi connectivity index (χ0n) is 28.5. The number of hydrogen-bond donors (Lipinski definition) is 2. The number of nitrogens with one attached hydrogen (secondary N) is 2. The Morgan fingerprint density at radius 3 is 2.27 bits per heavy atom. The van der Waals surface area contributed by atoms with Gasteiger partial charge in [-0.3, -0.25) is 14.3 Å². The molecule has 8 heteroatoms. The van der Waals surface area contributed by atoms with Crippen molar-refractivity contribution in [2.24, 2.45) is 11.8 Å². The van der Waals surface area contributed by atoms with Crippen molar-refractivity contribution in [3.05, 3.63) is 89.6 Å². The van der Waals surface area contributed by atoms with E-state index in [0.29, 0.717) is 31.2 Å². The van der Waals surface area contributed by atoms with E-state index in [-0.39, 0.29) is 11.8 Å². The van der Waals surface area contributed by atoms with Gasteiger partial charge >= 0.3 is 0 Å². The van der Waals surface area contributed by atoms with E-state index in [1.54, 1.807) is 0 Å². The highest BCUT2D eigenvalue weighted by atomic mass is 16.5. The zero-order chi connectivity index (χ0) is 33.1. The van der Waals surface area contributed by atoms with Gasteiger partial charge in [-0.15, -0.1) is 0 Å². The molecule has 1 aromatic heterocycles. The summed E-state index contributed by atoms with van der Waals surface area (Å²) in [5.41, 5.74) is 6.67. The second-order valence-electron chi connectivity index (χ2n) is 13.7. The first-order chi connectivity index (χ1) is 23.5. The van der Waals surface area contributed by atoms with Crippen molar-refractivity contribution in [2.45, 2.75) is 77.4 Å². The molecule has 2 aliphatic carbocycles. The first-order valence-electron chi connectivity index (χ1n) is 18.0. The van der Waals surface area contributed by atoms with Crippen molar-refractivity contribution in [1.29, 1.82) is 0 Å². The van der Waals surface area contributed by atoms with Crippen LogP contribution in [0.3, 0.4) is 0 Å². The topological polar surface area (TPSA) is 88.5 Å². The Kier molecular flexibility index (Phi) is 11.9. The fourth-order valence-electron chi connectivity index (χ4n) is 6.65. The van der Waals surface area contributed by atoms with Crippen LogP contribution in [0, 0.1) is 11.8 Å². The highest BCUT2D eigenvalue weighted by molar-refractivity contribution is 5.94. The molecule has 0 unspecified atom stereocenters. The Hall–Kier alpha value is -4.01. The Balaban J connectivity index is 0.836. The first kappa shape index (κ1) is 33.9. The molecule has 2 fully saturated rings. The SMILES string of the molecule is CN(CCCOCCCNC(=O)c1ccc(CNCc2ccc(-c3ccc4c(cnn4CC4CC4)c3)cc2)cc1)C(=O)C1CCCCC1. The average molecular weight is 650 g/mol. The van der Waals surface area contributed by atoms with Crippen LogP contribution < -0.4 is 10.6 Å². The molecule has 2 saturated carbocycles. The average Bonchev–Trinajstić information content (AvgIpc) is 3.87. The van der Waals surface area contributed by atoms with E-state index in [4.69, 9.17) is 4.74 Å². The molecule has 254 valence electrons. The molecule has 0 atom stereocenters. The Labute approximate surface area is 285 Å². The third-order valence-electron chi connectivity index (χ3n) is 9.80. The van der Waals surface area contributed by atoms with Gasteiger partial charge in [0.05, 0.1) is 11.7 Å². The fraction of sp³-hybridized carbons (Fsp3) is 0.475. The summed E-state index contributed by atoms with van der Waals surface area (Å²) in [4.78, 5) is 27.0. The number of benzene rings is 3. The maximum absolute atomic E-state index is 12.6. The van der Waals surface area contributed by atoms with Gasteiger partial charge < -0.3 is 20.3 Å². The monoisotopic (exact) mass is 649 g/mol. The molecule has 3 aromatic carbocycles. The van der Waals surface area contributed by atoms with Crippen LogP contribution in [0.5, 0.6) is 0 Å². The lowest BCUT2D eigenvalue weighted by Gasteiger charge is -2.26. The molecule has 48 heavy (non-hydrogen) atoms. The molecule has 2 N–H and O–H groups in total. The van der Waals surface area contributed by atoms with E-state index in [9.17, 15) is 9.59 Å². The molecule has 0 radical (unpaired) electrons. The van der Waals surface area contributed by atoms with E-state index in [1.807, 2.05) is 42.4 Å². The van der Waals surface area contributed by atoms with Crippen LogP contribution in [0.25, 0.3) is 22.0 Å². The number of rotatable bonds is 17. The van der Waals surface area contributed by atoms with Gasteiger partial charge in [-0.05, 0) is 91.0 Å². The third-order valence-corrected chi connectivity index (χ3v) is 9.80. The molecule has 0 saturated heterocycles. The van der Waals surface area contributed by atoms with Gasteiger partial charge in [-0.1, -0.05) is 61.7 Å². The van der Waals surface area contributed by atoms with Crippen molar-refractivity contribution in [3.63, 3.8) is 0 Å². The molecule has 2 aliphatic rings. The lowest BCUT2D eigenvalue weighted by atomic mass is 9.88. The number of carbonyl (C=O) groups excluding carboxylic acids is 2. The van der Waals surface area contributed by atoms with Crippen molar-refractivity contribution >= 4 is 22.7 Å². The maximum atomic E-state index is 12.6. The van der Waals surface area contributed by atoms with Crippen LogP contribution in [0.15, 0.2) is 72.9 Å². The smallest absolute Gasteiger partial charge is 0.251 e. The lowest BCUT2D eigenvalue weighted by Crippen LogP contribution is -2.35. The molecule has 2 amide bonds. The summed E-state index contributed by atoms with van der Waals surface area (Å²) in [5.74, 6) is 1.25. The molecule has 6 rings (SSSR count). The van der Waals surface area contributed by atoms with Crippen LogP contribution in [-0.4, -0.2) is 59.8 Å². The number of fused-ring (bicyclic) bond motifs is 1. The van der Waals surface area contributed by atoms with Crippen molar-refractivity contribution < 1.29 is 14.3 Å². The van der Waals surface area contributed by atoms with Crippen LogP contribution in [0.1, 0.15) is 79.3 Å². The van der Waals surface area contributed by atoms with E-state index >= 15 is 0 Å². The summed E-state index contributed by atoms with van der Waals surface area (Å²) in [6.07, 6.45) is 11.9. The van der Waals surface area contributed by atoms with Crippen molar-refractivity contribution in [1.82, 2.24) is 25.3 Å². The van der Waals surface area contributed by atoms with Gasteiger partial charge in [0.1, 0.15) is 0 Å².